The Bertz CT molecular complexity index is 2160. The van der Waals surface area contributed by atoms with E-state index in [9.17, 15) is 29.2 Å². The van der Waals surface area contributed by atoms with E-state index < -0.39 is 17.9 Å². The number of nitriles is 1. The van der Waals surface area contributed by atoms with Gasteiger partial charge in [-0.05, 0) is 86.2 Å². The SMILES string of the molecule is CC1(C)C(CC(=O)c2ccc(N3CCN(CCCCCOc4ccc5c(c4)CC(=O)N(C4CCC(=O)CC4=O)C5=O)CC3)nc2)C(C)(C)C1Oc1ccc(C#N)c(Cl)c1. The maximum absolute atomic E-state index is 13.5. The Labute approximate surface area is 350 Å². The van der Waals surface area contributed by atoms with Gasteiger partial charge in [0.2, 0.25) is 5.91 Å². The van der Waals surface area contributed by atoms with Crippen molar-refractivity contribution in [3.63, 3.8) is 0 Å². The molecule has 0 bridgehead atoms. The van der Waals surface area contributed by atoms with Gasteiger partial charge in [0, 0.05) is 73.2 Å². The third-order valence-corrected chi connectivity index (χ3v) is 13.2. The minimum Gasteiger partial charge on any atom is -0.494 e. The number of hydrogen-bond donors (Lipinski definition) is 0. The molecule has 310 valence electrons. The number of pyridine rings is 1. The Morgan fingerprint density at radius 1 is 0.915 bits per heavy atom. The molecular formula is C46H52ClN5O7. The second kappa shape index (κ2) is 17.2. The predicted molar refractivity (Wildman–Crippen MR) is 222 cm³/mol. The van der Waals surface area contributed by atoms with Crippen LogP contribution in [0.3, 0.4) is 0 Å². The second-order valence-electron chi connectivity index (χ2n) is 17.5. The van der Waals surface area contributed by atoms with Gasteiger partial charge in [-0.25, -0.2) is 4.98 Å². The number of benzene rings is 2. The zero-order valence-corrected chi connectivity index (χ0v) is 35.1. The zero-order valence-electron chi connectivity index (χ0n) is 34.3. The first-order valence-corrected chi connectivity index (χ1v) is 21.0. The quantitative estimate of drug-likeness (QED) is 0.0724. The molecule has 59 heavy (non-hydrogen) atoms. The number of hydrogen-bond acceptors (Lipinski definition) is 11. The summed E-state index contributed by atoms with van der Waals surface area (Å²) in [5.74, 6) is 0.852. The molecule has 2 amide bonds. The first-order chi connectivity index (χ1) is 28.2. The summed E-state index contributed by atoms with van der Waals surface area (Å²) in [6.07, 6.45) is 5.07. The molecular weight excluding hydrogens is 770 g/mol. The maximum atomic E-state index is 13.5. The lowest BCUT2D eigenvalue weighted by Gasteiger charge is -2.63. The van der Waals surface area contributed by atoms with Gasteiger partial charge in [0.1, 0.15) is 35.3 Å². The lowest BCUT2D eigenvalue weighted by Crippen LogP contribution is -2.66. The first kappa shape index (κ1) is 42.0. The van der Waals surface area contributed by atoms with Gasteiger partial charge in [0.05, 0.1) is 36.1 Å². The number of aromatic nitrogens is 1. The number of fused-ring (bicyclic) bond motifs is 1. The largest absolute Gasteiger partial charge is 0.494 e. The highest BCUT2D eigenvalue weighted by molar-refractivity contribution is 6.31. The smallest absolute Gasteiger partial charge is 0.261 e. The Morgan fingerprint density at radius 2 is 1.66 bits per heavy atom. The van der Waals surface area contributed by atoms with Gasteiger partial charge >= 0.3 is 0 Å². The maximum Gasteiger partial charge on any atom is 0.261 e. The summed E-state index contributed by atoms with van der Waals surface area (Å²) in [5.41, 5.74) is 1.49. The number of unbranched alkanes of at least 4 members (excludes halogenated alkanes) is 2. The number of halogens is 1. The molecule has 3 fully saturated rings. The summed E-state index contributed by atoms with van der Waals surface area (Å²) < 4.78 is 12.4. The van der Waals surface area contributed by atoms with Crippen LogP contribution < -0.4 is 14.4 Å². The van der Waals surface area contributed by atoms with E-state index in [0.717, 1.165) is 62.7 Å². The molecule has 4 aliphatic rings. The normalized spacial score (nSPS) is 22.7. The number of ether oxygens (including phenoxy) is 2. The standard InChI is InChI=1S/C46H52ClN5O7/c1-45(2)40(46(3,4)44(45)59-34-11-8-29(27-48)36(47)25-34)26-38(54)30-9-15-41(49-28-30)51-19-17-50(18-20-51)16-6-5-7-21-58-33-12-13-35-31(22-33)23-42(56)52(43(35)57)37-14-10-32(53)24-39(37)55/h8-9,11-13,15,22,25,28,37,40,44H,5-7,10,14,16-21,23-24,26H2,1-4H3. The number of Topliss-reactive ketones (excluding diaryl/α,β-unsaturated/α-hetero) is 3. The van der Waals surface area contributed by atoms with Gasteiger partial charge in [-0.15, -0.1) is 0 Å². The lowest BCUT2D eigenvalue weighted by molar-refractivity contribution is -0.196. The van der Waals surface area contributed by atoms with Crippen LogP contribution in [-0.2, 0) is 20.8 Å². The van der Waals surface area contributed by atoms with E-state index in [2.05, 4.69) is 43.6 Å². The highest BCUT2D eigenvalue weighted by Crippen LogP contribution is 2.61. The van der Waals surface area contributed by atoms with Crippen molar-refractivity contribution >= 4 is 46.6 Å². The average molecular weight is 822 g/mol. The monoisotopic (exact) mass is 821 g/mol. The molecule has 2 aromatic carbocycles. The summed E-state index contributed by atoms with van der Waals surface area (Å²) in [7, 11) is 0. The van der Waals surface area contributed by atoms with Gasteiger partial charge in [-0.3, -0.25) is 33.8 Å². The van der Waals surface area contributed by atoms with Crippen LogP contribution >= 0.6 is 11.6 Å². The predicted octanol–water partition coefficient (Wildman–Crippen LogP) is 6.90. The second-order valence-corrected chi connectivity index (χ2v) is 17.9. The van der Waals surface area contributed by atoms with Crippen molar-refractivity contribution in [2.45, 2.75) is 91.2 Å². The third kappa shape index (κ3) is 8.78. The number of amides is 2. The van der Waals surface area contributed by atoms with E-state index in [4.69, 9.17) is 26.1 Å². The van der Waals surface area contributed by atoms with Gasteiger partial charge in [-0.1, -0.05) is 39.3 Å². The van der Waals surface area contributed by atoms with Gasteiger partial charge in [0.25, 0.3) is 5.91 Å². The molecule has 0 spiro atoms. The molecule has 2 aliphatic heterocycles. The zero-order chi connectivity index (χ0) is 42.1. The fourth-order valence-corrected chi connectivity index (χ4v) is 10.0. The Morgan fingerprint density at radius 3 is 2.34 bits per heavy atom. The van der Waals surface area contributed by atoms with Crippen LogP contribution in [0.2, 0.25) is 5.02 Å². The molecule has 2 saturated carbocycles. The number of carbonyl (C=O) groups excluding carboxylic acids is 5. The lowest BCUT2D eigenvalue weighted by atomic mass is 9.44. The van der Waals surface area contributed by atoms with E-state index >= 15 is 0 Å². The number of piperazine rings is 1. The van der Waals surface area contributed by atoms with Crippen LogP contribution in [0.4, 0.5) is 5.82 Å². The molecule has 12 nitrogen and oxygen atoms in total. The van der Waals surface area contributed by atoms with Crippen molar-refractivity contribution in [1.82, 2.24) is 14.8 Å². The molecule has 13 heteroatoms. The van der Waals surface area contributed by atoms with Crippen molar-refractivity contribution in [3.05, 3.63) is 82.0 Å². The van der Waals surface area contributed by atoms with Gasteiger partial charge < -0.3 is 14.4 Å². The third-order valence-electron chi connectivity index (χ3n) is 12.9. The van der Waals surface area contributed by atoms with E-state index in [1.165, 1.54) is 0 Å². The topological polar surface area (TPSA) is 150 Å². The molecule has 1 atom stereocenters. The van der Waals surface area contributed by atoms with Crippen LogP contribution in [0, 0.1) is 28.1 Å². The summed E-state index contributed by atoms with van der Waals surface area (Å²) in [5, 5.41) is 9.57. The number of nitrogens with zero attached hydrogens (tertiary/aromatic N) is 5. The molecule has 2 aliphatic carbocycles. The van der Waals surface area contributed by atoms with Crippen LogP contribution in [0.25, 0.3) is 0 Å². The first-order valence-electron chi connectivity index (χ1n) is 20.7. The summed E-state index contributed by atoms with van der Waals surface area (Å²) >= 11 is 6.25. The van der Waals surface area contributed by atoms with Gasteiger partial charge in [0.15, 0.2) is 11.6 Å². The minimum absolute atomic E-state index is 0.0141. The fraction of sp³-hybridized carbons (Fsp3) is 0.500. The molecule has 0 N–H and O–H groups in total. The number of ketones is 3. The number of carbonyl (C=O) groups is 5. The minimum atomic E-state index is -0.861. The number of rotatable bonds is 14. The van der Waals surface area contributed by atoms with Crippen LogP contribution in [0.15, 0.2) is 54.7 Å². The molecule has 3 heterocycles. The van der Waals surface area contributed by atoms with Crippen molar-refractivity contribution < 1.29 is 33.4 Å². The summed E-state index contributed by atoms with van der Waals surface area (Å²) in [4.78, 5) is 74.2. The molecule has 7 rings (SSSR count). The Kier molecular flexibility index (Phi) is 12.3. The fourth-order valence-electron chi connectivity index (χ4n) is 9.81. The molecule has 1 saturated heterocycles. The highest BCUT2D eigenvalue weighted by atomic mass is 35.5. The summed E-state index contributed by atoms with van der Waals surface area (Å²) in [6, 6.07) is 15.3. The van der Waals surface area contributed by atoms with Crippen molar-refractivity contribution in [3.8, 4) is 17.6 Å². The highest BCUT2D eigenvalue weighted by Gasteiger charge is 2.63. The molecule has 1 aromatic heterocycles. The van der Waals surface area contributed by atoms with Crippen molar-refractivity contribution in [2.75, 3.05) is 44.2 Å². The van der Waals surface area contributed by atoms with E-state index in [-0.39, 0.29) is 65.9 Å². The van der Waals surface area contributed by atoms with E-state index in [1.807, 2.05) is 12.1 Å². The van der Waals surface area contributed by atoms with Crippen LogP contribution in [0.5, 0.6) is 11.5 Å². The number of anilines is 1. The van der Waals surface area contributed by atoms with Crippen LogP contribution in [-0.4, -0.2) is 95.4 Å². The average Bonchev–Trinajstić information content (AvgIpc) is 3.21. The van der Waals surface area contributed by atoms with E-state index in [1.54, 1.807) is 42.6 Å². The van der Waals surface area contributed by atoms with Gasteiger partial charge in [-0.2, -0.15) is 5.26 Å². The van der Waals surface area contributed by atoms with Crippen molar-refractivity contribution in [1.29, 1.82) is 5.26 Å². The van der Waals surface area contributed by atoms with E-state index in [0.29, 0.717) is 51.8 Å². The summed E-state index contributed by atoms with van der Waals surface area (Å²) in [6.45, 7) is 13.7. The molecule has 0 radical (unpaired) electrons. The van der Waals surface area contributed by atoms with Crippen molar-refractivity contribution in [2.24, 2.45) is 16.7 Å². The Hall–Kier alpha value is -5.12. The number of imide groups is 1. The Balaban J connectivity index is 0.803. The molecule has 3 aromatic rings. The molecule has 1 unspecified atom stereocenters. The van der Waals surface area contributed by atoms with Crippen LogP contribution in [0.1, 0.15) is 104 Å².